The zero-order valence-electron chi connectivity index (χ0n) is 15.2. The fourth-order valence-corrected chi connectivity index (χ4v) is 2.45. The van der Waals surface area contributed by atoms with Crippen LogP contribution in [0.1, 0.15) is 64.7 Å². The molecule has 0 heterocycles. The van der Waals surface area contributed by atoms with Gasteiger partial charge in [0.1, 0.15) is 5.78 Å². The molecule has 1 aromatic rings. The zero-order chi connectivity index (χ0) is 17.0. The van der Waals surface area contributed by atoms with E-state index in [9.17, 15) is 4.79 Å². The van der Waals surface area contributed by atoms with Crippen LogP contribution in [0.5, 0.6) is 0 Å². The van der Waals surface area contributed by atoms with E-state index < -0.39 is 0 Å². The molecule has 0 aromatic heterocycles. The number of fused-ring (bicyclic) bond motifs is 1. The number of likely N-dealkylation sites (N-methyl/N-ethyl adjacent to an activating group) is 1. The predicted molar refractivity (Wildman–Crippen MR) is 98.3 cm³/mol. The molecular weight excluding hydrogens is 270 g/mol. The molecule has 2 heteroatoms. The van der Waals surface area contributed by atoms with Crippen molar-refractivity contribution in [2.45, 2.75) is 66.8 Å². The Morgan fingerprint density at radius 1 is 1.23 bits per heavy atom. The summed E-state index contributed by atoms with van der Waals surface area (Å²) in [5.41, 5.74) is 3.98. The van der Waals surface area contributed by atoms with E-state index in [-0.39, 0.29) is 11.8 Å². The Bertz CT molecular complexity index is 463. The number of benzene rings is 1. The molecule has 0 saturated heterocycles. The van der Waals surface area contributed by atoms with Crippen molar-refractivity contribution in [3.05, 3.63) is 41.0 Å². The van der Waals surface area contributed by atoms with Crippen LogP contribution in [0, 0.1) is 0 Å². The highest BCUT2D eigenvalue weighted by Gasteiger charge is 2.14. The van der Waals surface area contributed by atoms with Crippen LogP contribution in [0.25, 0.3) is 6.08 Å². The quantitative estimate of drug-likeness (QED) is 0.846. The predicted octanol–water partition coefficient (Wildman–Crippen LogP) is 4.81. The fourth-order valence-electron chi connectivity index (χ4n) is 2.45. The molecule has 0 saturated carbocycles. The van der Waals surface area contributed by atoms with Gasteiger partial charge >= 0.3 is 0 Å². The number of carbonyl (C=O) groups is 1. The summed E-state index contributed by atoms with van der Waals surface area (Å²) in [5.74, 6) is 0.213. The Morgan fingerprint density at radius 2 is 1.91 bits per heavy atom. The van der Waals surface area contributed by atoms with Crippen molar-refractivity contribution in [1.82, 2.24) is 5.32 Å². The SMILES string of the molecule is CC.CC.CCNC(Cc1ccc2c(c1)C=CCC2)C(C)=O. The molecule has 2 rings (SSSR count). The van der Waals surface area contributed by atoms with E-state index in [2.05, 4.69) is 35.7 Å². The number of aryl methyl sites for hydroxylation is 1. The number of Topliss-reactive ketones (excluding diaryl/α,β-unsaturated/α-hetero) is 1. The Hall–Kier alpha value is -1.41. The van der Waals surface area contributed by atoms with Gasteiger partial charge in [0.2, 0.25) is 0 Å². The minimum atomic E-state index is -0.0550. The second-order valence-electron chi connectivity index (χ2n) is 4.90. The summed E-state index contributed by atoms with van der Waals surface area (Å²) in [6, 6.07) is 6.53. The molecule has 1 atom stereocenters. The molecule has 1 aliphatic carbocycles. The van der Waals surface area contributed by atoms with Gasteiger partial charge in [0, 0.05) is 0 Å². The summed E-state index contributed by atoms with van der Waals surface area (Å²) < 4.78 is 0. The summed E-state index contributed by atoms with van der Waals surface area (Å²) in [6.07, 6.45) is 7.47. The second kappa shape index (κ2) is 12.2. The average molecular weight is 303 g/mol. The highest BCUT2D eigenvalue weighted by atomic mass is 16.1. The monoisotopic (exact) mass is 303 g/mol. The smallest absolute Gasteiger partial charge is 0.147 e. The van der Waals surface area contributed by atoms with Gasteiger partial charge in [-0.1, -0.05) is 65.0 Å². The number of rotatable bonds is 5. The number of carbonyl (C=O) groups excluding carboxylic acids is 1. The Morgan fingerprint density at radius 3 is 2.50 bits per heavy atom. The Balaban J connectivity index is 0.00000102. The first-order valence-electron chi connectivity index (χ1n) is 8.73. The van der Waals surface area contributed by atoms with E-state index in [1.807, 2.05) is 34.6 Å². The summed E-state index contributed by atoms with van der Waals surface area (Å²) in [6.45, 7) is 12.5. The van der Waals surface area contributed by atoms with Gasteiger partial charge < -0.3 is 5.32 Å². The van der Waals surface area contributed by atoms with Crippen molar-refractivity contribution in [2.24, 2.45) is 0 Å². The molecule has 1 aliphatic rings. The molecule has 1 aromatic carbocycles. The molecule has 0 fully saturated rings. The summed E-state index contributed by atoms with van der Waals surface area (Å²) in [5, 5.41) is 3.24. The summed E-state index contributed by atoms with van der Waals surface area (Å²) in [4.78, 5) is 11.6. The van der Waals surface area contributed by atoms with Gasteiger partial charge in [-0.15, -0.1) is 0 Å². The molecule has 0 bridgehead atoms. The van der Waals surface area contributed by atoms with Crippen molar-refractivity contribution < 1.29 is 4.79 Å². The lowest BCUT2D eigenvalue weighted by molar-refractivity contribution is -0.118. The Labute approximate surface area is 137 Å². The van der Waals surface area contributed by atoms with Crippen LogP contribution in [-0.4, -0.2) is 18.4 Å². The fraction of sp³-hybridized carbons (Fsp3) is 0.550. The van der Waals surface area contributed by atoms with E-state index in [1.54, 1.807) is 6.92 Å². The van der Waals surface area contributed by atoms with Crippen LogP contribution in [0.15, 0.2) is 24.3 Å². The molecule has 0 spiro atoms. The largest absolute Gasteiger partial charge is 0.307 e. The highest BCUT2D eigenvalue weighted by molar-refractivity contribution is 5.81. The highest BCUT2D eigenvalue weighted by Crippen LogP contribution is 2.21. The maximum absolute atomic E-state index is 11.6. The zero-order valence-corrected chi connectivity index (χ0v) is 15.2. The van der Waals surface area contributed by atoms with E-state index in [0.29, 0.717) is 0 Å². The minimum absolute atomic E-state index is 0.0550. The summed E-state index contributed by atoms with van der Waals surface area (Å²) >= 11 is 0. The maximum atomic E-state index is 11.6. The van der Waals surface area contributed by atoms with Crippen LogP contribution >= 0.6 is 0 Å². The molecule has 0 amide bonds. The molecular formula is C20H33NO. The third-order valence-electron chi connectivity index (χ3n) is 3.47. The second-order valence-corrected chi connectivity index (χ2v) is 4.90. The normalized spacial score (nSPS) is 13.0. The van der Waals surface area contributed by atoms with Gasteiger partial charge in [-0.2, -0.15) is 0 Å². The number of nitrogens with one attached hydrogen (secondary N) is 1. The minimum Gasteiger partial charge on any atom is -0.307 e. The van der Waals surface area contributed by atoms with Gasteiger partial charge in [-0.3, -0.25) is 4.79 Å². The molecule has 124 valence electrons. The third kappa shape index (κ3) is 6.57. The number of allylic oxidation sites excluding steroid dienone is 1. The van der Waals surface area contributed by atoms with Gasteiger partial charge in [0.05, 0.1) is 6.04 Å². The van der Waals surface area contributed by atoms with Gasteiger partial charge in [-0.25, -0.2) is 0 Å². The number of hydrogen-bond acceptors (Lipinski definition) is 2. The standard InChI is InChI=1S/C16H21NO.2C2H6/c1-3-17-16(12(2)18)11-13-8-9-14-6-4-5-7-15(14)10-13;2*1-2/h5,7-10,16-17H,3-4,6,11H2,1-2H3;2*1-2H3. The van der Waals surface area contributed by atoms with E-state index in [4.69, 9.17) is 0 Å². The maximum Gasteiger partial charge on any atom is 0.147 e. The first kappa shape index (κ1) is 20.6. The topological polar surface area (TPSA) is 29.1 Å². The van der Waals surface area contributed by atoms with Gasteiger partial charge in [0.15, 0.2) is 0 Å². The van der Waals surface area contributed by atoms with Crippen LogP contribution in [0.2, 0.25) is 0 Å². The van der Waals surface area contributed by atoms with Crippen molar-refractivity contribution in [3.8, 4) is 0 Å². The van der Waals surface area contributed by atoms with E-state index >= 15 is 0 Å². The lowest BCUT2D eigenvalue weighted by Gasteiger charge is -2.17. The van der Waals surface area contributed by atoms with Crippen LogP contribution in [0.4, 0.5) is 0 Å². The van der Waals surface area contributed by atoms with Crippen molar-refractivity contribution >= 4 is 11.9 Å². The Kier molecular flexibility index (Phi) is 11.4. The number of ketones is 1. The molecule has 1 unspecified atom stereocenters. The van der Waals surface area contributed by atoms with Crippen LogP contribution < -0.4 is 5.32 Å². The molecule has 1 N–H and O–H groups in total. The van der Waals surface area contributed by atoms with Crippen molar-refractivity contribution in [3.63, 3.8) is 0 Å². The van der Waals surface area contributed by atoms with E-state index in [1.165, 1.54) is 16.7 Å². The van der Waals surface area contributed by atoms with Crippen LogP contribution in [0.3, 0.4) is 0 Å². The van der Waals surface area contributed by atoms with Gasteiger partial charge in [0.25, 0.3) is 0 Å². The average Bonchev–Trinajstić information content (AvgIpc) is 2.58. The van der Waals surface area contributed by atoms with Crippen LogP contribution in [-0.2, 0) is 17.6 Å². The van der Waals surface area contributed by atoms with Gasteiger partial charge in [-0.05, 0) is 49.4 Å². The van der Waals surface area contributed by atoms with Crippen molar-refractivity contribution in [2.75, 3.05) is 6.54 Å². The molecule has 0 radical (unpaired) electrons. The first-order valence-corrected chi connectivity index (χ1v) is 8.73. The molecule has 22 heavy (non-hydrogen) atoms. The lowest BCUT2D eigenvalue weighted by Crippen LogP contribution is -2.37. The third-order valence-corrected chi connectivity index (χ3v) is 3.47. The lowest BCUT2D eigenvalue weighted by atomic mass is 9.93. The summed E-state index contributed by atoms with van der Waals surface area (Å²) in [7, 11) is 0. The first-order chi connectivity index (χ1) is 10.7. The molecule has 0 aliphatic heterocycles. The molecule has 2 nitrogen and oxygen atoms in total. The van der Waals surface area contributed by atoms with Crippen molar-refractivity contribution in [1.29, 1.82) is 0 Å². The number of hydrogen-bond donors (Lipinski definition) is 1. The van der Waals surface area contributed by atoms with E-state index in [0.717, 1.165) is 25.8 Å².